The highest BCUT2D eigenvalue weighted by Gasteiger charge is 2.24. The van der Waals surface area contributed by atoms with Gasteiger partial charge in [-0.1, -0.05) is 17.7 Å². The number of aromatic nitrogens is 2. The van der Waals surface area contributed by atoms with E-state index in [-0.39, 0.29) is 10.8 Å². The van der Waals surface area contributed by atoms with Crippen LogP contribution in [-0.4, -0.2) is 30.5 Å². The first kappa shape index (κ1) is 19.2. The van der Waals surface area contributed by atoms with Crippen LogP contribution >= 0.6 is 22.6 Å². The number of hydrogen-bond acceptors (Lipinski definition) is 5. The van der Waals surface area contributed by atoms with Gasteiger partial charge in [-0.25, -0.2) is 17.4 Å². The molecule has 0 N–H and O–H groups in total. The van der Waals surface area contributed by atoms with Crippen LogP contribution in [0, 0.1) is 27.7 Å². The first-order chi connectivity index (χ1) is 13.4. The van der Waals surface area contributed by atoms with Crippen LogP contribution in [-0.2, 0) is 10.0 Å². The Morgan fingerprint density at radius 3 is 2.54 bits per heavy atom. The van der Waals surface area contributed by atoms with Gasteiger partial charge in [0.25, 0.3) is 10.0 Å². The number of piperidine rings is 1. The lowest BCUT2D eigenvalue weighted by atomic mass is 9.98. The lowest BCUT2D eigenvalue weighted by Gasteiger charge is -2.30. The molecule has 1 fully saturated rings. The average molecular weight is 506 g/mol. The summed E-state index contributed by atoms with van der Waals surface area (Å²) in [6.07, 6.45) is 5.04. The molecule has 3 aromatic rings. The fourth-order valence-corrected chi connectivity index (χ4v) is 5.67. The van der Waals surface area contributed by atoms with Crippen molar-refractivity contribution in [1.82, 2.24) is 8.96 Å². The fraction of sp³-hybridized carbons (Fsp3) is 0.300. The van der Waals surface area contributed by atoms with Crippen LogP contribution in [0.15, 0.2) is 47.6 Å². The number of halogens is 1. The van der Waals surface area contributed by atoms with Crippen molar-refractivity contribution in [2.45, 2.75) is 24.7 Å². The quantitative estimate of drug-likeness (QED) is 0.504. The van der Waals surface area contributed by atoms with E-state index in [1.54, 1.807) is 36.7 Å². The molecule has 6 nitrogen and oxygen atoms in total. The Hall–Kier alpha value is -2.12. The molecule has 4 rings (SSSR count). The second-order valence-electron chi connectivity index (χ2n) is 7.05. The maximum atomic E-state index is 13.1. The molecule has 1 saturated heterocycles. The molecule has 0 aliphatic carbocycles. The Kier molecular flexibility index (Phi) is 5.05. The van der Waals surface area contributed by atoms with E-state index in [9.17, 15) is 8.42 Å². The smallest absolute Gasteiger partial charge is 0.269 e. The lowest BCUT2D eigenvalue weighted by Crippen LogP contribution is -2.33. The first-order valence-electron chi connectivity index (χ1n) is 9.03. The summed E-state index contributed by atoms with van der Waals surface area (Å²) >= 11 is 2.15. The van der Waals surface area contributed by atoms with E-state index in [4.69, 9.17) is 5.26 Å². The monoisotopic (exact) mass is 506 g/mol. The van der Waals surface area contributed by atoms with Crippen LogP contribution in [0.5, 0.6) is 0 Å². The molecule has 8 heteroatoms. The van der Waals surface area contributed by atoms with E-state index >= 15 is 0 Å². The van der Waals surface area contributed by atoms with Gasteiger partial charge in [-0.2, -0.15) is 5.26 Å². The SMILES string of the molecule is Cc1ccc(S(=O)(=O)n2cc(I)c3cc(N4CCC(C#N)CC4)cnc32)cc1. The largest absolute Gasteiger partial charge is 0.370 e. The molecule has 0 saturated carbocycles. The van der Waals surface area contributed by atoms with Crippen molar-refractivity contribution in [2.24, 2.45) is 5.92 Å². The van der Waals surface area contributed by atoms with Gasteiger partial charge in [0, 0.05) is 34.2 Å². The van der Waals surface area contributed by atoms with Crippen molar-refractivity contribution in [2.75, 3.05) is 18.0 Å². The van der Waals surface area contributed by atoms with Crippen LogP contribution in [0.1, 0.15) is 18.4 Å². The molecule has 3 heterocycles. The molecule has 0 amide bonds. The van der Waals surface area contributed by atoms with E-state index in [2.05, 4.69) is 38.5 Å². The normalized spacial score (nSPS) is 15.7. The summed E-state index contributed by atoms with van der Waals surface area (Å²) in [6, 6.07) is 11.2. The minimum Gasteiger partial charge on any atom is -0.370 e. The van der Waals surface area contributed by atoms with Gasteiger partial charge in [-0.3, -0.25) is 0 Å². The van der Waals surface area contributed by atoms with Gasteiger partial charge < -0.3 is 4.90 Å². The molecule has 1 aliphatic heterocycles. The zero-order chi connectivity index (χ0) is 19.9. The zero-order valence-electron chi connectivity index (χ0n) is 15.3. The minimum absolute atomic E-state index is 0.119. The van der Waals surface area contributed by atoms with Crippen LogP contribution < -0.4 is 4.90 Å². The number of hydrogen-bond donors (Lipinski definition) is 0. The minimum atomic E-state index is -3.71. The zero-order valence-corrected chi connectivity index (χ0v) is 18.3. The van der Waals surface area contributed by atoms with E-state index < -0.39 is 10.0 Å². The van der Waals surface area contributed by atoms with Gasteiger partial charge >= 0.3 is 0 Å². The van der Waals surface area contributed by atoms with Crippen LogP contribution in [0.4, 0.5) is 5.69 Å². The lowest BCUT2D eigenvalue weighted by molar-refractivity contribution is 0.487. The van der Waals surface area contributed by atoms with Crippen molar-refractivity contribution in [1.29, 1.82) is 5.26 Å². The van der Waals surface area contributed by atoms with Crippen LogP contribution in [0.25, 0.3) is 11.0 Å². The third-order valence-corrected chi connectivity index (χ3v) is 7.69. The Balaban J connectivity index is 1.73. The molecule has 1 aromatic carbocycles. The standard InChI is InChI=1S/C20H19IN4O2S/c1-14-2-4-17(5-3-14)28(26,27)25-13-19(21)18-10-16(12-23-20(18)25)24-8-6-15(11-22)7-9-24/h2-5,10,12-13,15H,6-9H2,1H3. The number of pyridine rings is 1. The summed E-state index contributed by atoms with van der Waals surface area (Å²) in [6.45, 7) is 3.54. The highest BCUT2D eigenvalue weighted by Crippen LogP contribution is 2.30. The van der Waals surface area contributed by atoms with Crippen molar-refractivity contribution in [3.05, 3.63) is 51.9 Å². The Morgan fingerprint density at radius 2 is 1.89 bits per heavy atom. The van der Waals surface area contributed by atoms with Crippen molar-refractivity contribution < 1.29 is 8.42 Å². The van der Waals surface area contributed by atoms with Crippen LogP contribution in [0.3, 0.4) is 0 Å². The van der Waals surface area contributed by atoms with E-state index in [0.717, 1.165) is 46.1 Å². The van der Waals surface area contributed by atoms with Gasteiger partial charge in [-0.05, 0) is 60.6 Å². The Morgan fingerprint density at radius 1 is 1.21 bits per heavy atom. The summed E-state index contributed by atoms with van der Waals surface area (Å²) < 4.78 is 28.3. The maximum absolute atomic E-state index is 13.1. The van der Waals surface area contributed by atoms with Gasteiger partial charge in [0.05, 0.1) is 22.8 Å². The third-order valence-electron chi connectivity index (χ3n) is 5.17. The molecular weight excluding hydrogens is 487 g/mol. The molecule has 0 radical (unpaired) electrons. The summed E-state index contributed by atoms with van der Waals surface area (Å²) in [7, 11) is -3.71. The molecule has 2 aromatic heterocycles. The Bertz CT molecular complexity index is 1170. The first-order valence-corrected chi connectivity index (χ1v) is 11.6. The number of benzene rings is 1. The number of rotatable bonds is 3. The van der Waals surface area contributed by atoms with Crippen molar-refractivity contribution in [3.63, 3.8) is 0 Å². The second kappa shape index (κ2) is 7.37. The Labute approximate surface area is 178 Å². The van der Waals surface area contributed by atoms with Gasteiger partial charge in [0.1, 0.15) is 0 Å². The molecule has 1 aliphatic rings. The number of aryl methyl sites for hydroxylation is 1. The highest BCUT2D eigenvalue weighted by atomic mass is 127. The summed E-state index contributed by atoms with van der Waals surface area (Å²) in [5.41, 5.74) is 2.40. The number of fused-ring (bicyclic) bond motifs is 1. The summed E-state index contributed by atoms with van der Waals surface area (Å²) in [5.74, 6) is 0.119. The predicted octanol–water partition coefficient (Wildman–Crippen LogP) is 3.93. The van der Waals surface area contributed by atoms with Crippen molar-refractivity contribution >= 4 is 49.3 Å². The molecule has 144 valence electrons. The fourth-order valence-electron chi connectivity index (χ4n) is 3.48. The van der Waals surface area contributed by atoms with Gasteiger partial charge in [-0.15, -0.1) is 0 Å². The van der Waals surface area contributed by atoms with E-state index in [1.165, 1.54) is 3.97 Å². The maximum Gasteiger partial charge on any atom is 0.269 e. The van der Waals surface area contributed by atoms with E-state index in [0.29, 0.717) is 5.65 Å². The van der Waals surface area contributed by atoms with Gasteiger partial charge in [0.15, 0.2) is 5.65 Å². The molecule has 0 unspecified atom stereocenters. The molecular formula is C20H19IN4O2S. The topological polar surface area (TPSA) is 79.0 Å². The number of nitrogens with zero attached hydrogens (tertiary/aromatic N) is 4. The van der Waals surface area contributed by atoms with Gasteiger partial charge in [0.2, 0.25) is 0 Å². The summed E-state index contributed by atoms with van der Waals surface area (Å²) in [5, 5.41) is 9.89. The predicted molar refractivity (Wildman–Crippen MR) is 117 cm³/mol. The van der Waals surface area contributed by atoms with Crippen LogP contribution in [0.2, 0.25) is 0 Å². The molecule has 0 spiro atoms. The average Bonchev–Trinajstić information content (AvgIpc) is 3.05. The highest BCUT2D eigenvalue weighted by molar-refractivity contribution is 14.1. The summed E-state index contributed by atoms with van der Waals surface area (Å²) in [4.78, 5) is 6.95. The molecule has 28 heavy (non-hydrogen) atoms. The molecule has 0 atom stereocenters. The van der Waals surface area contributed by atoms with Crippen molar-refractivity contribution in [3.8, 4) is 6.07 Å². The number of anilines is 1. The second-order valence-corrected chi connectivity index (χ2v) is 10.0. The third kappa shape index (κ3) is 3.37. The van der Waals surface area contributed by atoms with E-state index in [1.807, 2.05) is 13.0 Å². The number of nitriles is 1. The molecule has 0 bridgehead atoms.